The van der Waals surface area contributed by atoms with Crippen LogP contribution in [-0.4, -0.2) is 10.8 Å². The van der Waals surface area contributed by atoms with E-state index in [1.54, 1.807) is 11.3 Å². The summed E-state index contributed by atoms with van der Waals surface area (Å²) in [6.07, 6.45) is 1.38. The molecular formula is C11H8FNOS. The molecule has 4 heteroatoms. The molecule has 0 aliphatic rings. The van der Waals surface area contributed by atoms with E-state index in [4.69, 9.17) is 0 Å². The summed E-state index contributed by atoms with van der Waals surface area (Å²) in [5, 5.41) is 3.84. The molecule has 2 rings (SSSR count). The molecule has 0 bridgehead atoms. The fourth-order valence-electron chi connectivity index (χ4n) is 1.21. The molecule has 0 atom stereocenters. The smallest absolute Gasteiger partial charge is 0.185 e. The van der Waals surface area contributed by atoms with E-state index in [1.807, 2.05) is 16.8 Å². The Balaban J connectivity index is 2.11. The number of pyridine rings is 1. The minimum absolute atomic E-state index is 0.0894. The fraction of sp³-hybridized carbons (Fsp3) is 0.0909. The van der Waals surface area contributed by atoms with E-state index in [2.05, 4.69) is 4.98 Å². The zero-order chi connectivity index (χ0) is 10.7. The van der Waals surface area contributed by atoms with E-state index in [0.29, 0.717) is 12.1 Å². The van der Waals surface area contributed by atoms with Crippen LogP contribution in [-0.2, 0) is 6.42 Å². The maximum absolute atomic E-state index is 12.6. The Hall–Kier alpha value is -1.55. The van der Waals surface area contributed by atoms with Gasteiger partial charge < -0.3 is 0 Å². The monoisotopic (exact) mass is 221 g/mol. The summed E-state index contributed by atoms with van der Waals surface area (Å²) < 4.78 is 12.6. The molecule has 0 radical (unpaired) electrons. The number of ketones is 1. The molecule has 2 aromatic rings. The highest BCUT2D eigenvalue weighted by atomic mass is 32.1. The molecule has 0 unspecified atom stereocenters. The van der Waals surface area contributed by atoms with Crippen LogP contribution in [0.15, 0.2) is 35.2 Å². The summed E-state index contributed by atoms with van der Waals surface area (Å²) in [6.45, 7) is 0. The van der Waals surface area contributed by atoms with Crippen molar-refractivity contribution in [1.82, 2.24) is 4.98 Å². The standard InChI is InChI=1S/C11H8FNOS/c12-9-1-2-10(13-6-9)11(14)5-8-3-4-15-7-8/h1-4,6-7H,5H2. The molecule has 0 saturated carbocycles. The van der Waals surface area contributed by atoms with Crippen LogP contribution in [0.4, 0.5) is 4.39 Å². The molecule has 0 fully saturated rings. The lowest BCUT2D eigenvalue weighted by Crippen LogP contribution is -2.05. The second-order valence-electron chi connectivity index (χ2n) is 3.09. The summed E-state index contributed by atoms with van der Waals surface area (Å²) in [6, 6.07) is 4.55. The van der Waals surface area contributed by atoms with Gasteiger partial charge in [-0.05, 0) is 34.5 Å². The summed E-state index contributed by atoms with van der Waals surface area (Å²) in [4.78, 5) is 15.4. The highest BCUT2D eigenvalue weighted by Crippen LogP contribution is 2.09. The van der Waals surface area contributed by atoms with Crippen LogP contribution in [0, 0.1) is 5.82 Å². The molecular weight excluding hydrogens is 213 g/mol. The SMILES string of the molecule is O=C(Cc1ccsc1)c1ccc(F)cn1. The number of hydrogen-bond acceptors (Lipinski definition) is 3. The maximum Gasteiger partial charge on any atom is 0.185 e. The third kappa shape index (κ3) is 2.47. The average Bonchev–Trinajstić information content (AvgIpc) is 2.71. The molecule has 0 saturated heterocycles. The number of carbonyl (C=O) groups is 1. The first-order valence-electron chi connectivity index (χ1n) is 4.41. The van der Waals surface area contributed by atoms with Crippen molar-refractivity contribution in [3.8, 4) is 0 Å². The van der Waals surface area contributed by atoms with E-state index in [0.717, 1.165) is 11.8 Å². The molecule has 0 spiro atoms. The van der Waals surface area contributed by atoms with Gasteiger partial charge in [-0.1, -0.05) is 0 Å². The Morgan fingerprint density at radius 3 is 2.87 bits per heavy atom. The minimum Gasteiger partial charge on any atom is -0.292 e. The summed E-state index contributed by atoms with van der Waals surface area (Å²) in [5.41, 5.74) is 1.28. The van der Waals surface area contributed by atoms with Gasteiger partial charge in [0.15, 0.2) is 5.78 Å². The normalized spacial score (nSPS) is 10.2. The van der Waals surface area contributed by atoms with Crippen molar-refractivity contribution in [2.24, 2.45) is 0 Å². The van der Waals surface area contributed by atoms with Gasteiger partial charge in [0.05, 0.1) is 6.20 Å². The number of aromatic nitrogens is 1. The van der Waals surface area contributed by atoms with Gasteiger partial charge in [-0.25, -0.2) is 4.39 Å². The first-order chi connectivity index (χ1) is 7.25. The molecule has 0 N–H and O–H groups in total. The van der Waals surface area contributed by atoms with Crippen LogP contribution >= 0.6 is 11.3 Å². The quantitative estimate of drug-likeness (QED) is 0.746. The second-order valence-corrected chi connectivity index (χ2v) is 3.87. The minimum atomic E-state index is -0.429. The van der Waals surface area contributed by atoms with Gasteiger partial charge in [-0.2, -0.15) is 11.3 Å². The van der Waals surface area contributed by atoms with Gasteiger partial charge >= 0.3 is 0 Å². The predicted molar refractivity (Wildman–Crippen MR) is 56.5 cm³/mol. The molecule has 2 heterocycles. The van der Waals surface area contributed by atoms with Crippen LogP contribution < -0.4 is 0 Å². The van der Waals surface area contributed by atoms with Gasteiger partial charge in [0.25, 0.3) is 0 Å². The fourth-order valence-corrected chi connectivity index (χ4v) is 1.88. The molecule has 2 nitrogen and oxygen atoms in total. The Morgan fingerprint density at radius 1 is 1.40 bits per heavy atom. The third-order valence-corrected chi connectivity index (χ3v) is 2.69. The number of nitrogens with zero attached hydrogens (tertiary/aromatic N) is 1. The van der Waals surface area contributed by atoms with Crippen molar-refractivity contribution in [1.29, 1.82) is 0 Å². The first-order valence-corrected chi connectivity index (χ1v) is 5.36. The van der Waals surface area contributed by atoms with Crippen LogP contribution in [0.3, 0.4) is 0 Å². The molecule has 0 aliphatic heterocycles. The molecule has 0 amide bonds. The largest absolute Gasteiger partial charge is 0.292 e. The molecule has 15 heavy (non-hydrogen) atoms. The van der Waals surface area contributed by atoms with E-state index in [-0.39, 0.29) is 5.78 Å². The molecule has 0 aliphatic carbocycles. The van der Waals surface area contributed by atoms with E-state index in [9.17, 15) is 9.18 Å². The van der Waals surface area contributed by atoms with Crippen molar-refractivity contribution >= 4 is 17.1 Å². The zero-order valence-corrected chi connectivity index (χ0v) is 8.63. The maximum atomic E-state index is 12.6. The Kier molecular flexibility index (Phi) is 2.87. The van der Waals surface area contributed by atoms with Crippen molar-refractivity contribution < 1.29 is 9.18 Å². The highest BCUT2D eigenvalue weighted by Gasteiger charge is 2.08. The summed E-state index contributed by atoms with van der Waals surface area (Å²) >= 11 is 1.55. The number of hydrogen-bond donors (Lipinski definition) is 0. The number of Topliss-reactive ketones (excluding diaryl/α,β-unsaturated/α-hetero) is 1. The number of rotatable bonds is 3. The molecule has 0 aromatic carbocycles. The average molecular weight is 221 g/mol. The summed E-state index contributed by atoms with van der Waals surface area (Å²) in [7, 11) is 0. The topological polar surface area (TPSA) is 30.0 Å². The molecule has 76 valence electrons. The zero-order valence-electron chi connectivity index (χ0n) is 7.81. The first kappa shape index (κ1) is 9.98. The summed E-state index contributed by atoms with van der Waals surface area (Å²) in [5.74, 6) is -0.518. The van der Waals surface area contributed by atoms with Crippen molar-refractivity contribution in [3.05, 3.63) is 52.2 Å². The van der Waals surface area contributed by atoms with Gasteiger partial charge in [-0.3, -0.25) is 9.78 Å². The molecule has 2 aromatic heterocycles. The van der Waals surface area contributed by atoms with Gasteiger partial charge in [0, 0.05) is 6.42 Å². The number of thiophene rings is 1. The predicted octanol–water partition coefficient (Wildman–Crippen LogP) is 2.71. The van der Waals surface area contributed by atoms with Gasteiger partial charge in [0.1, 0.15) is 11.5 Å². The Bertz CT molecular complexity index is 450. The number of halogens is 1. The van der Waals surface area contributed by atoms with Gasteiger partial charge in [0.2, 0.25) is 0 Å². The van der Waals surface area contributed by atoms with Crippen LogP contribution in [0.5, 0.6) is 0 Å². The van der Waals surface area contributed by atoms with Crippen LogP contribution in [0.1, 0.15) is 16.1 Å². The Morgan fingerprint density at radius 2 is 2.27 bits per heavy atom. The third-order valence-electron chi connectivity index (χ3n) is 1.96. The second kappa shape index (κ2) is 4.31. The Labute approximate surface area is 90.4 Å². The highest BCUT2D eigenvalue weighted by molar-refractivity contribution is 7.08. The van der Waals surface area contributed by atoms with Crippen LogP contribution in [0.2, 0.25) is 0 Å². The van der Waals surface area contributed by atoms with E-state index >= 15 is 0 Å². The number of carbonyl (C=O) groups excluding carboxylic acids is 1. The lowest BCUT2D eigenvalue weighted by molar-refractivity contribution is 0.0988. The van der Waals surface area contributed by atoms with Crippen LogP contribution in [0.25, 0.3) is 0 Å². The van der Waals surface area contributed by atoms with E-state index in [1.165, 1.54) is 12.1 Å². The van der Waals surface area contributed by atoms with Gasteiger partial charge in [-0.15, -0.1) is 0 Å². The van der Waals surface area contributed by atoms with Crippen molar-refractivity contribution in [3.63, 3.8) is 0 Å². The van der Waals surface area contributed by atoms with Crippen molar-refractivity contribution in [2.45, 2.75) is 6.42 Å². The lowest BCUT2D eigenvalue weighted by atomic mass is 10.1. The lowest BCUT2D eigenvalue weighted by Gasteiger charge is -1.97. The van der Waals surface area contributed by atoms with E-state index < -0.39 is 5.82 Å². The van der Waals surface area contributed by atoms with Crippen molar-refractivity contribution in [2.75, 3.05) is 0 Å².